The van der Waals surface area contributed by atoms with Gasteiger partial charge in [-0.05, 0) is 55.1 Å². The Morgan fingerprint density at radius 1 is 1.06 bits per heavy atom. The van der Waals surface area contributed by atoms with Crippen molar-refractivity contribution >= 4 is 29.9 Å². The summed E-state index contributed by atoms with van der Waals surface area (Å²) in [5, 5.41) is 3.60. The number of aliphatic imine (C=N–C) groups is 1. The fourth-order valence-electron chi connectivity index (χ4n) is 6.32. The highest BCUT2D eigenvalue weighted by Gasteiger charge is 2.42. The van der Waals surface area contributed by atoms with Gasteiger partial charge in [-0.3, -0.25) is 9.89 Å². The van der Waals surface area contributed by atoms with E-state index in [-0.39, 0.29) is 24.0 Å². The molecule has 4 aliphatic rings. The molecule has 184 valence electrons. The fourth-order valence-corrected chi connectivity index (χ4v) is 6.32. The molecule has 2 saturated carbocycles. The van der Waals surface area contributed by atoms with Crippen LogP contribution in [0.4, 0.5) is 0 Å². The molecule has 5 rings (SSSR count). The number of fused-ring (bicyclic) bond motifs is 2. The topological polar surface area (TPSA) is 49.3 Å². The first kappa shape index (κ1) is 25.2. The largest absolute Gasteiger partial charge is 0.381 e. The standard InChI is InChI=1S/C26H40N4O2.HI/c1-27-26(30-11-9-29(10-12-30)25-17-20-5-6-23(25)16-20)28-18-21-3-2-4-22(15-21)19-32-24-7-13-31-14-8-24;/h2-4,15,20,23-25H,5-14,16-19H2,1H3,(H,27,28);1H. The van der Waals surface area contributed by atoms with E-state index >= 15 is 0 Å². The lowest BCUT2D eigenvalue weighted by molar-refractivity contribution is -0.0390. The molecule has 0 aromatic heterocycles. The van der Waals surface area contributed by atoms with Gasteiger partial charge in [-0.1, -0.05) is 30.7 Å². The van der Waals surface area contributed by atoms with Crippen molar-refractivity contribution in [2.75, 3.05) is 46.4 Å². The molecule has 3 unspecified atom stereocenters. The van der Waals surface area contributed by atoms with Gasteiger partial charge in [0.1, 0.15) is 0 Å². The molecule has 33 heavy (non-hydrogen) atoms. The minimum absolute atomic E-state index is 0. The number of nitrogens with one attached hydrogen (secondary N) is 1. The van der Waals surface area contributed by atoms with E-state index < -0.39 is 0 Å². The molecular weight excluding hydrogens is 527 g/mol. The zero-order chi connectivity index (χ0) is 21.8. The molecule has 6 nitrogen and oxygen atoms in total. The van der Waals surface area contributed by atoms with Crippen molar-refractivity contribution < 1.29 is 9.47 Å². The van der Waals surface area contributed by atoms with Crippen molar-refractivity contribution in [1.29, 1.82) is 0 Å². The summed E-state index contributed by atoms with van der Waals surface area (Å²) >= 11 is 0. The van der Waals surface area contributed by atoms with Crippen molar-refractivity contribution in [3.05, 3.63) is 35.4 Å². The van der Waals surface area contributed by atoms with Gasteiger partial charge in [0.05, 0.1) is 12.7 Å². The lowest BCUT2D eigenvalue weighted by Crippen LogP contribution is -2.55. The Hall–Kier alpha value is -0.900. The molecule has 0 radical (unpaired) electrons. The molecule has 1 N–H and O–H groups in total. The second-order valence-corrected chi connectivity index (χ2v) is 10.1. The molecule has 3 atom stereocenters. The molecule has 2 saturated heterocycles. The van der Waals surface area contributed by atoms with E-state index in [0.717, 1.165) is 69.5 Å². The average molecular weight is 569 g/mol. The van der Waals surface area contributed by atoms with E-state index in [9.17, 15) is 0 Å². The minimum atomic E-state index is 0. The number of rotatable bonds is 6. The van der Waals surface area contributed by atoms with Crippen molar-refractivity contribution in [3.63, 3.8) is 0 Å². The molecule has 2 heterocycles. The third-order valence-corrected chi connectivity index (χ3v) is 8.09. The lowest BCUT2D eigenvalue weighted by atomic mass is 9.93. The van der Waals surface area contributed by atoms with E-state index in [2.05, 4.69) is 44.4 Å². The highest BCUT2D eigenvalue weighted by atomic mass is 127. The Morgan fingerprint density at radius 3 is 2.55 bits per heavy atom. The molecule has 0 amide bonds. The first-order valence-electron chi connectivity index (χ1n) is 12.8. The quantitative estimate of drug-likeness (QED) is 0.321. The Labute approximate surface area is 216 Å². The van der Waals surface area contributed by atoms with Gasteiger partial charge in [-0.2, -0.15) is 0 Å². The van der Waals surface area contributed by atoms with Crippen LogP contribution in [0, 0.1) is 11.8 Å². The van der Waals surface area contributed by atoms with Gasteiger partial charge in [0, 0.05) is 59.0 Å². The zero-order valence-corrected chi connectivity index (χ0v) is 22.4. The van der Waals surface area contributed by atoms with Crippen LogP contribution >= 0.6 is 24.0 Å². The number of ether oxygens (including phenoxy) is 2. The van der Waals surface area contributed by atoms with Crippen molar-refractivity contribution in [1.82, 2.24) is 15.1 Å². The summed E-state index contributed by atoms with van der Waals surface area (Å²) in [6, 6.07) is 9.60. The molecule has 1 aromatic rings. The minimum Gasteiger partial charge on any atom is -0.381 e. The van der Waals surface area contributed by atoms with Gasteiger partial charge in [0.25, 0.3) is 0 Å². The van der Waals surface area contributed by atoms with Crippen LogP contribution in [-0.4, -0.2) is 74.3 Å². The predicted octanol–water partition coefficient (Wildman–Crippen LogP) is 3.88. The third kappa shape index (κ3) is 6.41. The number of hydrogen-bond acceptors (Lipinski definition) is 4. The van der Waals surface area contributed by atoms with Gasteiger partial charge in [0.2, 0.25) is 0 Å². The maximum Gasteiger partial charge on any atom is 0.194 e. The first-order valence-corrected chi connectivity index (χ1v) is 12.8. The van der Waals surface area contributed by atoms with E-state index in [1.54, 1.807) is 0 Å². The molecule has 4 fully saturated rings. The number of piperazine rings is 1. The van der Waals surface area contributed by atoms with Crippen LogP contribution < -0.4 is 5.32 Å². The van der Waals surface area contributed by atoms with Gasteiger partial charge >= 0.3 is 0 Å². The van der Waals surface area contributed by atoms with Crippen LogP contribution in [0.2, 0.25) is 0 Å². The highest BCUT2D eigenvalue weighted by Crippen LogP contribution is 2.46. The number of benzene rings is 1. The Morgan fingerprint density at radius 2 is 1.85 bits per heavy atom. The third-order valence-electron chi connectivity index (χ3n) is 8.09. The van der Waals surface area contributed by atoms with Crippen LogP contribution in [0.5, 0.6) is 0 Å². The summed E-state index contributed by atoms with van der Waals surface area (Å²) < 4.78 is 11.5. The number of guanidine groups is 1. The van der Waals surface area contributed by atoms with Crippen LogP contribution in [0.25, 0.3) is 0 Å². The number of nitrogens with zero attached hydrogens (tertiary/aromatic N) is 3. The van der Waals surface area contributed by atoms with Gasteiger partial charge in [-0.15, -0.1) is 24.0 Å². The van der Waals surface area contributed by atoms with Gasteiger partial charge < -0.3 is 19.7 Å². The predicted molar refractivity (Wildman–Crippen MR) is 143 cm³/mol. The van der Waals surface area contributed by atoms with Crippen LogP contribution in [0.3, 0.4) is 0 Å². The summed E-state index contributed by atoms with van der Waals surface area (Å²) in [6.07, 6.45) is 8.25. The molecule has 2 aliphatic heterocycles. The maximum atomic E-state index is 6.10. The maximum absolute atomic E-state index is 6.10. The molecule has 1 aromatic carbocycles. The van der Waals surface area contributed by atoms with Crippen molar-refractivity contribution in [2.45, 2.75) is 63.8 Å². The normalized spacial score (nSPS) is 28.7. The Bertz CT molecular complexity index is 777. The summed E-state index contributed by atoms with van der Waals surface area (Å²) in [6.45, 7) is 7.62. The average Bonchev–Trinajstić information content (AvgIpc) is 3.49. The lowest BCUT2D eigenvalue weighted by Gasteiger charge is -2.42. The van der Waals surface area contributed by atoms with E-state index in [1.165, 1.54) is 49.9 Å². The summed E-state index contributed by atoms with van der Waals surface area (Å²) in [5.74, 6) is 3.03. The number of halogens is 1. The monoisotopic (exact) mass is 568 g/mol. The summed E-state index contributed by atoms with van der Waals surface area (Å²) in [4.78, 5) is 9.79. The summed E-state index contributed by atoms with van der Waals surface area (Å²) in [7, 11) is 1.91. The molecule has 7 heteroatoms. The number of hydrogen-bond donors (Lipinski definition) is 1. The van der Waals surface area contributed by atoms with E-state index in [4.69, 9.17) is 9.47 Å². The smallest absolute Gasteiger partial charge is 0.194 e. The molecule has 0 spiro atoms. The van der Waals surface area contributed by atoms with Crippen molar-refractivity contribution in [2.24, 2.45) is 16.8 Å². The fraction of sp³-hybridized carbons (Fsp3) is 0.731. The van der Waals surface area contributed by atoms with Crippen LogP contribution in [0.1, 0.15) is 49.7 Å². The van der Waals surface area contributed by atoms with Gasteiger partial charge in [-0.25, -0.2) is 0 Å². The van der Waals surface area contributed by atoms with Crippen LogP contribution in [0.15, 0.2) is 29.3 Å². The van der Waals surface area contributed by atoms with Gasteiger partial charge in [0.15, 0.2) is 5.96 Å². The second kappa shape index (κ2) is 12.2. The SMILES string of the molecule is CN=C(NCc1cccc(COC2CCOCC2)c1)N1CCN(C2CC3CCC2C3)CC1.I. The second-order valence-electron chi connectivity index (χ2n) is 10.1. The van der Waals surface area contributed by atoms with Crippen LogP contribution in [-0.2, 0) is 22.6 Å². The van der Waals surface area contributed by atoms with E-state index in [1.807, 2.05) is 7.05 Å². The zero-order valence-electron chi connectivity index (χ0n) is 20.1. The van der Waals surface area contributed by atoms with E-state index in [0.29, 0.717) is 12.7 Å². The highest BCUT2D eigenvalue weighted by molar-refractivity contribution is 14.0. The Kier molecular flexibility index (Phi) is 9.30. The first-order chi connectivity index (χ1) is 15.8. The van der Waals surface area contributed by atoms with Crippen molar-refractivity contribution in [3.8, 4) is 0 Å². The molecule has 2 aliphatic carbocycles. The molecule has 2 bridgehead atoms. The summed E-state index contributed by atoms with van der Waals surface area (Å²) in [5.41, 5.74) is 2.52. The Balaban J connectivity index is 0.00000259. The molecular formula is C26H41IN4O2.